The van der Waals surface area contributed by atoms with Crippen LogP contribution in [0.2, 0.25) is 0 Å². The fourth-order valence-electron chi connectivity index (χ4n) is 2.18. The molecule has 2 heterocycles. The van der Waals surface area contributed by atoms with Gasteiger partial charge in [0.25, 0.3) is 0 Å². The molecule has 2 atom stereocenters. The normalized spacial score (nSPS) is 21.9. The molecule has 6 nitrogen and oxygen atoms in total. The predicted octanol–water partition coefficient (Wildman–Crippen LogP) is -0.210. The van der Waals surface area contributed by atoms with Crippen LogP contribution >= 0.6 is 0 Å². The minimum atomic E-state index is 0.0667. The van der Waals surface area contributed by atoms with E-state index in [-0.39, 0.29) is 5.91 Å². The summed E-state index contributed by atoms with van der Waals surface area (Å²) in [7, 11) is 0. The highest BCUT2D eigenvalue weighted by molar-refractivity contribution is 5.76. The summed E-state index contributed by atoms with van der Waals surface area (Å²) in [5, 5.41) is 6.23. The van der Waals surface area contributed by atoms with Crippen LogP contribution in [0.5, 0.6) is 0 Å². The van der Waals surface area contributed by atoms with Gasteiger partial charge >= 0.3 is 0 Å². The molecule has 1 aliphatic heterocycles. The van der Waals surface area contributed by atoms with Gasteiger partial charge in [-0.15, -0.1) is 0 Å². The molecule has 0 radical (unpaired) electrons. The first kappa shape index (κ1) is 14.9. The van der Waals surface area contributed by atoms with Gasteiger partial charge in [-0.2, -0.15) is 0 Å². The van der Waals surface area contributed by atoms with E-state index >= 15 is 0 Å². The number of hydrogen-bond acceptors (Lipinski definition) is 5. The van der Waals surface area contributed by atoms with Gasteiger partial charge in [0, 0.05) is 57.0 Å². The molecule has 0 spiro atoms. The minimum absolute atomic E-state index is 0.0667. The molecule has 1 aromatic rings. The van der Waals surface area contributed by atoms with Gasteiger partial charge in [-0.25, -0.2) is 0 Å². The summed E-state index contributed by atoms with van der Waals surface area (Å²) >= 11 is 0. The molecular formula is C14H23N5O. The maximum atomic E-state index is 11.7. The fraction of sp³-hybridized carbons (Fsp3) is 0.571. The molecule has 1 aromatic heterocycles. The number of nitrogens with one attached hydrogen (secondary N) is 4. The lowest BCUT2D eigenvalue weighted by atomic mass is 10.0. The van der Waals surface area contributed by atoms with Crippen molar-refractivity contribution >= 4 is 5.91 Å². The average molecular weight is 277 g/mol. The maximum absolute atomic E-state index is 11.7. The zero-order valence-corrected chi connectivity index (χ0v) is 11.9. The summed E-state index contributed by atoms with van der Waals surface area (Å²) in [6.45, 7) is 5.31. The summed E-state index contributed by atoms with van der Waals surface area (Å²) in [5.41, 5.74) is 7.34. The lowest BCUT2D eigenvalue weighted by molar-refractivity contribution is -0.121. The van der Waals surface area contributed by atoms with Gasteiger partial charge in [0.15, 0.2) is 0 Å². The lowest BCUT2D eigenvalue weighted by Gasteiger charge is -2.14. The Kier molecular flexibility index (Phi) is 5.91. The van der Waals surface area contributed by atoms with Crippen molar-refractivity contribution in [1.82, 2.24) is 26.5 Å². The van der Waals surface area contributed by atoms with E-state index in [0.717, 1.165) is 18.7 Å². The fourth-order valence-corrected chi connectivity index (χ4v) is 2.18. The van der Waals surface area contributed by atoms with Crippen LogP contribution in [-0.2, 0) is 11.3 Å². The molecule has 0 saturated carbocycles. The van der Waals surface area contributed by atoms with Gasteiger partial charge in [-0.05, 0) is 18.6 Å². The Bertz CT molecular complexity index is 411. The Morgan fingerprint density at radius 1 is 1.55 bits per heavy atom. The van der Waals surface area contributed by atoms with Crippen LogP contribution in [-0.4, -0.2) is 36.6 Å². The topological polar surface area (TPSA) is 78.1 Å². The van der Waals surface area contributed by atoms with E-state index in [1.54, 1.807) is 12.4 Å². The smallest absolute Gasteiger partial charge is 0.221 e. The van der Waals surface area contributed by atoms with Crippen molar-refractivity contribution in [1.29, 1.82) is 0 Å². The van der Waals surface area contributed by atoms with Gasteiger partial charge in [-0.1, -0.05) is 6.07 Å². The van der Waals surface area contributed by atoms with E-state index in [1.807, 2.05) is 12.1 Å². The second kappa shape index (κ2) is 7.94. The summed E-state index contributed by atoms with van der Waals surface area (Å²) < 4.78 is 0. The summed E-state index contributed by atoms with van der Waals surface area (Å²) in [6.07, 6.45) is 3.99. The molecule has 20 heavy (non-hydrogen) atoms. The van der Waals surface area contributed by atoms with E-state index in [1.165, 1.54) is 0 Å². The van der Waals surface area contributed by atoms with Crippen molar-refractivity contribution in [2.24, 2.45) is 5.92 Å². The highest BCUT2D eigenvalue weighted by atomic mass is 16.1. The van der Waals surface area contributed by atoms with E-state index in [0.29, 0.717) is 31.5 Å². The van der Waals surface area contributed by atoms with Crippen LogP contribution in [0.25, 0.3) is 0 Å². The van der Waals surface area contributed by atoms with Gasteiger partial charge in [0.1, 0.15) is 0 Å². The third-order valence-electron chi connectivity index (χ3n) is 3.55. The molecular weight excluding hydrogens is 254 g/mol. The monoisotopic (exact) mass is 277 g/mol. The van der Waals surface area contributed by atoms with E-state index < -0.39 is 0 Å². The zero-order valence-electron chi connectivity index (χ0n) is 11.9. The van der Waals surface area contributed by atoms with E-state index in [2.05, 4.69) is 33.4 Å². The molecule has 0 bridgehead atoms. The molecule has 1 amide bonds. The van der Waals surface area contributed by atoms with Crippen molar-refractivity contribution in [2.45, 2.75) is 25.9 Å². The number of rotatable bonds is 7. The molecule has 1 saturated heterocycles. The molecule has 2 rings (SSSR count). The molecule has 1 fully saturated rings. The van der Waals surface area contributed by atoms with Crippen LogP contribution in [0, 0.1) is 5.92 Å². The number of aromatic nitrogens is 1. The van der Waals surface area contributed by atoms with Crippen LogP contribution in [0.1, 0.15) is 18.9 Å². The van der Waals surface area contributed by atoms with Crippen molar-refractivity contribution in [3.05, 3.63) is 30.1 Å². The highest BCUT2D eigenvalue weighted by Gasteiger charge is 2.21. The Balaban J connectivity index is 1.54. The number of nitrogens with zero attached hydrogens (tertiary/aromatic N) is 1. The number of carbonyl (C=O) groups excluding carboxylic acids is 1. The SMILES string of the molecule is CC1NNCC1CNCCC(=O)NCc1cccnc1. The number of amides is 1. The summed E-state index contributed by atoms with van der Waals surface area (Å²) in [6, 6.07) is 4.29. The van der Waals surface area contributed by atoms with E-state index in [9.17, 15) is 4.79 Å². The number of hydrazine groups is 1. The maximum Gasteiger partial charge on any atom is 0.221 e. The van der Waals surface area contributed by atoms with Crippen LogP contribution < -0.4 is 21.5 Å². The first-order valence-electron chi connectivity index (χ1n) is 7.10. The Morgan fingerprint density at radius 3 is 3.15 bits per heavy atom. The Hall–Kier alpha value is -1.50. The van der Waals surface area contributed by atoms with Crippen LogP contribution in [0.4, 0.5) is 0 Å². The van der Waals surface area contributed by atoms with E-state index in [4.69, 9.17) is 0 Å². The number of hydrogen-bond donors (Lipinski definition) is 4. The van der Waals surface area contributed by atoms with Crippen LogP contribution in [0.3, 0.4) is 0 Å². The van der Waals surface area contributed by atoms with Crippen molar-refractivity contribution in [2.75, 3.05) is 19.6 Å². The molecule has 0 aliphatic carbocycles. The third-order valence-corrected chi connectivity index (χ3v) is 3.55. The number of pyridine rings is 1. The van der Waals surface area contributed by atoms with Gasteiger partial charge in [-0.3, -0.25) is 20.6 Å². The first-order valence-corrected chi connectivity index (χ1v) is 7.10. The quantitative estimate of drug-likeness (QED) is 0.519. The zero-order chi connectivity index (χ0) is 14.2. The van der Waals surface area contributed by atoms with Crippen molar-refractivity contribution < 1.29 is 4.79 Å². The van der Waals surface area contributed by atoms with Gasteiger partial charge < -0.3 is 10.6 Å². The first-order chi connectivity index (χ1) is 9.75. The molecule has 2 unspecified atom stereocenters. The Morgan fingerprint density at radius 2 is 2.45 bits per heavy atom. The second-order valence-electron chi connectivity index (χ2n) is 5.17. The molecule has 6 heteroatoms. The number of carbonyl (C=O) groups is 1. The van der Waals surface area contributed by atoms with Crippen molar-refractivity contribution in [3.8, 4) is 0 Å². The molecule has 110 valence electrons. The molecule has 0 aromatic carbocycles. The van der Waals surface area contributed by atoms with Gasteiger partial charge in [0.2, 0.25) is 5.91 Å². The molecule has 1 aliphatic rings. The van der Waals surface area contributed by atoms with Crippen molar-refractivity contribution in [3.63, 3.8) is 0 Å². The van der Waals surface area contributed by atoms with Gasteiger partial charge in [0.05, 0.1) is 0 Å². The third kappa shape index (κ3) is 4.88. The minimum Gasteiger partial charge on any atom is -0.352 e. The lowest BCUT2D eigenvalue weighted by Crippen LogP contribution is -2.34. The average Bonchev–Trinajstić information content (AvgIpc) is 2.88. The largest absolute Gasteiger partial charge is 0.352 e. The highest BCUT2D eigenvalue weighted by Crippen LogP contribution is 2.04. The Labute approximate surface area is 119 Å². The summed E-state index contributed by atoms with van der Waals surface area (Å²) in [5.74, 6) is 0.644. The second-order valence-corrected chi connectivity index (χ2v) is 5.17. The standard InChI is InChI=1S/C14H23N5O/c1-11-13(10-18-19-11)9-16-6-4-14(20)17-8-12-3-2-5-15-7-12/h2-3,5,7,11,13,16,18-19H,4,6,8-10H2,1H3,(H,17,20). The predicted molar refractivity (Wildman–Crippen MR) is 77.7 cm³/mol. The molecule has 4 N–H and O–H groups in total. The summed E-state index contributed by atoms with van der Waals surface area (Å²) in [4.78, 5) is 15.7. The van der Waals surface area contributed by atoms with Crippen LogP contribution in [0.15, 0.2) is 24.5 Å².